The van der Waals surface area contributed by atoms with Crippen LogP contribution in [0.15, 0.2) is 120 Å². The summed E-state index contributed by atoms with van der Waals surface area (Å²) >= 11 is 14.9. The SMILES string of the molecule is O=C(O)C(F)(F)F.O=S(=O)(Cc1ccc(Oc2ncsc2-c2ccnc(NC3CCCCC3)n2)cc1F)Cc1ccccc1Cl.O=S(=O)(Cc1ccc(Oc2ncsc2-c2ccnc(N[C@H]3CCCNC3)n2)cc1F)Cc1ccccc1Cl. The zero-order valence-electron chi connectivity index (χ0n) is 43.7. The Morgan fingerprint density at radius 3 is 1.47 bits per heavy atom. The number of benzene rings is 4. The lowest BCUT2D eigenvalue weighted by Gasteiger charge is -2.23. The van der Waals surface area contributed by atoms with E-state index < -0.39 is 55.0 Å². The number of carboxylic acid groups (broad SMARTS) is 1. The van der Waals surface area contributed by atoms with E-state index in [0.29, 0.717) is 60.3 Å². The second-order valence-corrected chi connectivity index (χ2v) is 25.6. The molecule has 1 aliphatic carbocycles. The van der Waals surface area contributed by atoms with Crippen molar-refractivity contribution in [2.45, 2.75) is 86.2 Å². The Kier molecular flexibility index (Phi) is 21.4. The lowest BCUT2D eigenvalue weighted by Crippen LogP contribution is -2.38. The fraction of sp³-hybridized carbons (Fsp3) is 0.291. The van der Waals surface area contributed by atoms with Crippen LogP contribution in [0.2, 0.25) is 10.0 Å². The van der Waals surface area contributed by atoms with Crippen LogP contribution in [0.5, 0.6) is 23.3 Å². The minimum Gasteiger partial charge on any atom is -0.475 e. The van der Waals surface area contributed by atoms with E-state index in [-0.39, 0.29) is 51.9 Å². The predicted octanol–water partition coefficient (Wildman–Crippen LogP) is 13.1. The van der Waals surface area contributed by atoms with E-state index in [1.165, 1.54) is 72.3 Å². The van der Waals surface area contributed by atoms with E-state index in [1.54, 1.807) is 84.1 Å². The summed E-state index contributed by atoms with van der Waals surface area (Å²) < 4.78 is 124. The van der Waals surface area contributed by atoms with Gasteiger partial charge >= 0.3 is 12.1 Å². The van der Waals surface area contributed by atoms with Gasteiger partial charge in [-0.05, 0) is 79.8 Å². The number of hydrogen-bond donors (Lipinski definition) is 4. The number of nitrogens with zero attached hydrogens (tertiary/aromatic N) is 6. The summed E-state index contributed by atoms with van der Waals surface area (Å²) in [5.74, 6) is -3.54. The molecule has 438 valence electrons. The van der Waals surface area contributed by atoms with E-state index in [4.69, 9.17) is 42.6 Å². The monoisotopic (exact) mass is 1260 g/mol. The van der Waals surface area contributed by atoms with Gasteiger partial charge in [-0.3, -0.25) is 0 Å². The van der Waals surface area contributed by atoms with E-state index >= 15 is 0 Å². The highest BCUT2D eigenvalue weighted by Gasteiger charge is 2.38. The molecule has 0 amide bonds. The summed E-state index contributed by atoms with van der Waals surface area (Å²) in [5.41, 5.74) is 5.59. The number of sulfone groups is 2. The van der Waals surface area contributed by atoms with Crippen molar-refractivity contribution in [1.29, 1.82) is 0 Å². The standard InChI is InChI=1S/C27H26ClFN4O3S2.C26H25ClFN5O3S2.C2HF3O2/c28-22-9-5-4-6-18(22)15-38(34,35)16-19-10-11-21(14-23(19)29)36-26-25(37-17-31-26)24-12-13-30-27(33-24)32-20-7-2-1-3-8-20;27-21-6-2-1-4-17(21)14-38(34,35)15-18-7-8-20(12-22(18)28)36-25-24(37-16-31-25)23-9-11-30-26(33-23)32-19-5-3-10-29-13-19;3-2(4,5)1(6)7/h4-6,9-14,17,20H,1-3,7-8,15-16H2,(H,30,32,33);1-2,4,6-9,11-12,16,19,29H,3,5,10,13-15H2,(H,30,32,33);(H,6,7)/t;19-;/m.0./s1. The Bertz CT molecular complexity index is 3510. The number of halogens is 7. The fourth-order valence-electron chi connectivity index (χ4n) is 8.57. The number of nitrogens with one attached hydrogen (secondary N) is 3. The summed E-state index contributed by atoms with van der Waals surface area (Å²) in [7, 11) is -7.30. The van der Waals surface area contributed by atoms with Gasteiger partial charge in [0, 0.05) is 64.3 Å². The van der Waals surface area contributed by atoms with Gasteiger partial charge < -0.3 is 30.5 Å². The van der Waals surface area contributed by atoms with Crippen LogP contribution in [0.25, 0.3) is 21.1 Å². The summed E-state index contributed by atoms with van der Waals surface area (Å²) in [6.07, 6.45) is 6.28. The molecule has 4 N–H and O–H groups in total. The number of anilines is 2. The molecule has 1 saturated carbocycles. The highest BCUT2D eigenvalue weighted by atomic mass is 35.5. The molecular formula is C55H52Cl2F5N9O8S4. The van der Waals surface area contributed by atoms with Crippen LogP contribution in [-0.4, -0.2) is 89.2 Å². The molecule has 0 unspecified atom stereocenters. The quantitative estimate of drug-likeness (QED) is 0.0584. The van der Waals surface area contributed by atoms with Gasteiger partial charge in [-0.25, -0.2) is 60.3 Å². The number of piperidine rings is 1. The molecule has 83 heavy (non-hydrogen) atoms. The second-order valence-electron chi connectivity index (χ2n) is 18.9. The van der Waals surface area contributed by atoms with Gasteiger partial charge in [-0.2, -0.15) is 13.2 Å². The van der Waals surface area contributed by atoms with Crippen molar-refractivity contribution in [2.75, 3.05) is 23.7 Å². The molecule has 8 aromatic rings. The lowest BCUT2D eigenvalue weighted by atomic mass is 9.96. The maximum absolute atomic E-state index is 14.9. The number of ether oxygens (including phenoxy) is 2. The molecule has 2 aliphatic rings. The summed E-state index contributed by atoms with van der Waals surface area (Å²) in [6.45, 7) is 1.87. The minimum atomic E-state index is -5.08. The normalized spacial score (nSPS) is 14.8. The fourth-order valence-corrected chi connectivity index (χ4v) is 13.6. The summed E-state index contributed by atoms with van der Waals surface area (Å²) in [4.78, 5) is 36.7. The van der Waals surface area contributed by atoms with Gasteiger partial charge in [0.2, 0.25) is 23.7 Å². The predicted molar refractivity (Wildman–Crippen MR) is 308 cm³/mol. The first-order chi connectivity index (χ1) is 39.7. The third-order valence-corrected chi connectivity index (χ3v) is 18.0. The Balaban J connectivity index is 0.000000195. The molecule has 1 saturated heterocycles. The Morgan fingerprint density at radius 2 is 1.05 bits per heavy atom. The molecule has 17 nitrogen and oxygen atoms in total. The average Bonchev–Trinajstić information content (AvgIpc) is 4.31. The van der Waals surface area contributed by atoms with Crippen LogP contribution in [0, 0.1) is 11.6 Å². The highest BCUT2D eigenvalue weighted by molar-refractivity contribution is 7.90. The third kappa shape index (κ3) is 18.5. The highest BCUT2D eigenvalue weighted by Crippen LogP contribution is 2.38. The van der Waals surface area contributed by atoms with Crippen LogP contribution in [-0.2, 0) is 47.5 Å². The van der Waals surface area contributed by atoms with Crippen LogP contribution < -0.4 is 25.4 Å². The number of thiazole rings is 2. The first kappa shape index (κ1) is 62.1. The van der Waals surface area contributed by atoms with E-state index in [1.807, 2.05) is 0 Å². The van der Waals surface area contributed by atoms with Crippen molar-refractivity contribution in [1.82, 2.24) is 35.2 Å². The number of aliphatic carboxylic acids is 1. The Morgan fingerprint density at radius 1 is 0.614 bits per heavy atom. The van der Waals surface area contributed by atoms with Crippen LogP contribution >= 0.6 is 45.9 Å². The van der Waals surface area contributed by atoms with Gasteiger partial charge in [0.1, 0.15) is 32.9 Å². The number of carboxylic acids is 1. The molecule has 0 spiro atoms. The second kappa shape index (κ2) is 28.6. The molecule has 28 heteroatoms. The molecule has 10 rings (SSSR count). The number of aromatic nitrogens is 6. The molecule has 0 radical (unpaired) electrons. The molecule has 1 aliphatic heterocycles. The number of rotatable bonds is 18. The van der Waals surface area contributed by atoms with E-state index in [9.17, 15) is 38.8 Å². The largest absolute Gasteiger partial charge is 0.490 e. The van der Waals surface area contributed by atoms with Crippen molar-refractivity contribution in [3.8, 4) is 44.4 Å². The van der Waals surface area contributed by atoms with Gasteiger partial charge in [-0.15, -0.1) is 22.7 Å². The summed E-state index contributed by atoms with van der Waals surface area (Å²) in [6, 6.07) is 25.8. The Labute approximate surface area is 492 Å². The molecule has 5 heterocycles. The van der Waals surface area contributed by atoms with Gasteiger partial charge in [0.15, 0.2) is 19.7 Å². The van der Waals surface area contributed by atoms with Crippen LogP contribution in [0.3, 0.4) is 0 Å². The van der Waals surface area contributed by atoms with Gasteiger partial charge in [-0.1, -0.05) is 91.0 Å². The minimum absolute atomic E-state index is 0.0478. The number of carbonyl (C=O) groups is 1. The van der Waals surface area contributed by atoms with Crippen molar-refractivity contribution in [3.63, 3.8) is 0 Å². The maximum Gasteiger partial charge on any atom is 0.490 e. The lowest BCUT2D eigenvalue weighted by molar-refractivity contribution is -0.192. The molecule has 4 aromatic heterocycles. The Hall–Kier alpha value is -6.94. The van der Waals surface area contributed by atoms with Crippen molar-refractivity contribution < 1.29 is 58.2 Å². The first-order valence-corrected chi connectivity index (χ1v) is 31.7. The zero-order valence-corrected chi connectivity index (χ0v) is 48.4. The zero-order chi connectivity index (χ0) is 59.2. The van der Waals surface area contributed by atoms with Gasteiger partial charge in [0.05, 0.1) is 45.4 Å². The smallest absolute Gasteiger partial charge is 0.475 e. The topological polar surface area (TPSA) is 237 Å². The molecular weight excluding hydrogens is 1210 g/mol. The average molecular weight is 1260 g/mol. The van der Waals surface area contributed by atoms with Crippen LogP contribution in [0.1, 0.15) is 67.2 Å². The maximum atomic E-state index is 14.9. The summed E-state index contributed by atoms with van der Waals surface area (Å²) in [5, 5.41) is 18.0. The molecule has 1 atom stereocenters. The molecule has 4 aromatic carbocycles. The number of hydrogen-bond acceptors (Lipinski definition) is 18. The van der Waals surface area contributed by atoms with Crippen LogP contribution in [0.4, 0.5) is 33.8 Å². The van der Waals surface area contributed by atoms with E-state index in [0.717, 1.165) is 44.8 Å². The van der Waals surface area contributed by atoms with Crippen molar-refractivity contribution in [3.05, 3.63) is 164 Å². The third-order valence-electron chi connectivity index (χ3n) is 12.6. The first-order valence-electron chi connectivity index (χ1n) is 25.5. The van der Waals surface area contributed by atoms with Gasteiger partial charge in [0.25, 0.3) is 0 Å². The molecule has 2 fully saturated rings. The van der Waals surface area contributed by atoms with Crippen molar-refractivity contribution >= 4 is 83.4 Å². The number of alkyl halides is 3. The van der Waals surface area contributed by atoms with Crippen molar-refractivity contribution in [2.24, 2.45) is 0 Å². The molecule has 0 bridgehead atoms. The van der Waals surface area contributed by atoms with E-state index in [2.05, 4.69) is 45.9 Å².